The SMILES string of the molecule is O=Cc1ccc(OCc2cnccn2)cc1. The molecule has 0 aliphatic heterocycles. The van der Waals surface area contributed by atoms with Crippen LogP contribution in [0.1, 0.15) is 16.1 Å². The van der Waals surface area contributed by atoms with E-state index in [9.17, 15) is 4.79 Å². The number of carbonyl (C=O) groups is 1. The minimum absolute atomic E-state index is 0.369. The van der Waals surface area contributed by atoms with Crippen LogP contribution in [0.15, 0.2) is 42.9 Å². The molecule has 4 nitrogen and oxygen atoms in total. The normalized spacial score (nSPS) is 9.75. The first kappa shape index (κ1) is 10.3. The largest absolute Gasteiger partial charge is 0.487 e. The van der Waals surface area contributed by atoms with E-state index >= 15 is 0 Å². The van der Waals surface area contributed by atoms with Gasteiger partial charge >= 0.3 is 0 Å². The lowest BCUT2D eigenvalue weighted by Crippen LogP contribution is -1.98. The molecular weight excluding hydrogens is 204 g/mol. The number of hydrogen-bond acceptors (Lipinski definition) is 4. The van der Waals surface area contributed by atoms with E-state index in [1.807, 2.05) is 0 Å². The maximum Gasteiger partial charge on any atom is 0.150 e. The molecule has 16 heavy (non-hydrogen) atoms. The maximum absolute atomic E-state index is 10.4. The molecule has 0 aliphatic rings. The van der Waals surface area contributed by atoms with E-state index in [1.165, 1.54) is 0 Å². The zero-order chi connectivity index (χ0) is 11.2. The van der Waals surface area contributed by atoms with Gasteiger partial charge in [-0.05, 0) is 24.3 Å². The summed E-state index contributed by atoms with van der Waals surface area (Å²) in [6.45, 7) is 0.369. The Morgan fingerprint density at radius 3 is 2.62 bits per heavy atom. The molecular formula is C12H10N2O2. The van der Waals surface area contributed by atoms with E-state index in [2.05, 4.69) is 9.97 Å². The molecule has 0 bridgehead atoms. The van der Waals surface area contributed by atoms with Gasteiger partial charge in [-0.3, -0.25) is 14.8 Å². The molecule has 80 valence electrons. The number of aldehydes is 1. The van der Waals surface area contributed by atoms with Crippen molar-refractivity contribution in [2.45, 2.75) is 6.61 Å². The minimum Gasteiger partial charge on any atom is -0.487 e. The smallest absolute Gasteiger partial charge is 0.150 e. The molecule has 1 heterocycles. The zero-order valence-corrected chi connectivity index (χ0v) is 8.54. The molecule has 0 unspecified atom stereocenters. The fourth-order valence-corrected chi connectivity index (χ4v) is 1.20. The molecule has 0 fully saturated rings. The second kappa shape index (κ2) is 5.02. The summed E-state index contributed by atoms with van der Waals surface area (Å²) in [6.07, 6.45) is 5.68. The highest BCUT2D eigenvalue weighted by atomic mass is 16.5. The average Bonchev–Trinajstić information content (AvgIpc) is 2.38. The van der Waals surface area contributed by atoms with Gasteiger partial charge in [0.05, 0.1) is 11.9 Å². The van der Waals surface area contributed by atoms with Crippen LogP contribution in [-0.4, -0.2) is 16.3 Å². The third kappa shape index (κ3) is 2.63. The first-order valence-corrected chi connectivity index (χ1v) is 4.81. The molecule has 1 aromatic heterocycles. The zero-order valence-electron chi connectivity index (χ0n) is 8.54. The Morgan fingerprint density at radius 2 is 2.00 bits per heavy atom. The lowest BCUT2D eigenvalue weighted by molar-refractivity contribution is 0.112. The van der Waals surface area contributed by atoms with Crippen molar-refractivity contribution in [2.75, 3.05) is 0 Å². The van der Waals surface area contributed by atoms with Crippen molar-refractivity contribution in [3.05, 3.63) is 54.1 Å². The van der Waals surface area contributed by atoms with Crippen molar-refractivity contribution in [3.8, 4) is 5.75 Å². The first-order valence-electron chi connectivity index (χ1n) is 4.81. The summed E-state index contributed by atoms with van der Waals surface area (Å²) in [5.74, 6) is 0.705. The Kier molecular flexibility index (Phi) is 3.23. The highest BCUT2D eigenvalue weighted by Gasteiger charge is 1.97. The van der Waals surface area contributed by atoms with Crippen LogP contribution >= 0.6 is 0 Å². The molecule has 0 radical (unpaired) electrons. The summed E-state index contributed by atoms with van der Waals surface area (Å²) >= 11 is 0. The Balaban J connectivity index is 1.97. The van der Waals surface area contributed by atoms with Crippen LogP contribution in [0.5, 0.6) is 5.75 Å². The van der Waals surface area contributed by atoms with Gasteiger partial charge in [0.25, 0.3) is 0 Å². The van der Waals surface area contributed by atoms with E-state index in [4.69, 9.17) is 4.74 Å². The number of ether oxygens (including phenoxy) is 1. The van der Waals surface area contributed by atoms with Crippen LogP contribution in [0, 0.1) is 0 Å². The van der Waals surface area contributed by atoms with E-state index in [0.717, 1.165) is 12.0 Å². The molecule has 4 heteroatoms. The van der Waals surface area contributed by atoms with Gasteiger partial charge in [-0.15, -0.1) is 0 Å². The Hall–Kier alpha value is -2.23. The monoisotopic (exact) mass is 214 g/mol. The van der Waals surface area contributed by atoms with Gasteiger partial charge in [0.2, 0.25) is 0 Å². The summed E-state index contributed by atoms with van der Waals surface area (Å²) in [5.41, 5.74) is 1.40. The van der Waals surface area contributed by atoms with E-state index in [-0.39, 0.29) is 0 Å². The molecule has 0 aliphatic carbocycles. The van der Waals surface area contributed by atoms with Gasteiger partial charge in [0.1, 0.15) is 18.6 Å². The molecule has 0 N–H and O–H groups in total. The lowest BCUT2D eigenvalue weighted by Gasteiger charge is -2.04. The minimum atomic E-state index is 0.369. The number of rotatable bonds is 4. The molecule has 0 saturated heterocycles. The number of benzene rings is 1. The molecule has 0 amide bonds. The summed E-state index contributed by atoms with van der Waals surface area (Å²) in [7, 11) is 0. The number of aromatic nitrogens is 2. The van der Waals surface area contributed by atoms with Gasteiger partial charge in [0.15, 0.2) is 0 Å². The Morgan fingerprint density at radius 1 is 1.19 bits per heavy atom. The topological polar surface area (TPSA) is 52.1 Å². The first-order chi connectivity index (χ1) is 7.88. The quantitative estimate of drug-likeness (QED) is 0.729. The number of nitrogens with zero attached hydrogens (tertiary/aromatic N) is 2. The van der Waals surface area contributed by atoms with Gasteiger partial charge in [-0.2, -0.15) is 0 Å². The lowest BCUT2D eigenvalue weighted by atomic mass is 10.2. The van der Waals surface area contributed by atoms with Gasteiger partial charge < -0.3 is 4.74 Å². The fourth-order valence-electron chi connectivity index (χ4n) is 1.20. The summed E-state index contributed by atoms with van der Waals surface area (Å²) in [5, 5.41) is 0. The summed E-state index contributed by atoms with van der Waals surface area (Å²) in [4.78, 5) is 18.5. The number of hydrogen-bond donors (Lipinski definition) is 0. The van der Waals surface area contributed by atoms with Crippen LogP contribution < -0.4 is 4.74 Å². The van der Waals surface area contributed by atoms with Crippen molar-refractivity contribution in [2.24, 2.45) is 0 Å². The van der Waals surface area contributed by atoms with Crippen LogP contribution in [0.3, 0.4) is 0 Å². The maximum atomic E-state index is 10.4. The second-order valence-corrected chi connectivity index (χ2v) is 3.17. The summed E-state index contributed by atoms with van der Waals surface area (Å²) < 4.78 is 5.47. The summed E-state index contributed by atoms with van der Waals surface area (Å²) in [6, 6.07) is 6.91. The standard InChI is InChI=1S/C12H10N2O2/c15-8-10-1-3-12(4-2-10)16-9-11-7-13-5-6-14-11/h1-8H,9H2. The van der Waals surface area contributed by atoms with Crippen molar-refractivity contribution in [1.82, 2.24) is 9.97 Å². The highest BCUT2D eigenvalue weighted by molar-refractivity contribution is 5.74. The Bertz CT molecular complexity index is 454. The number of carbonyl (C=O) groups excluding carboxylic acids is 1. The van der Waals surface area contributed by atoms with E-state index < -0.39 is 0 Å². The van der Waals surface area contributed by atoms with Gasteiger partial charge in [0, 0.05) is 18.0 Å². The van der Waals surface area contributed by atoms with Crippen LogP contribution in [0.2, 0.25) is 0 Å². The molecule has 0 spiro atoms. The molecule has 2 rings (SSSR count). The molecule has 0 atom stereocenters. The van der Waals surface area contributed by atoms with E-state index in [1.54, 1.807) is 42.9 Å². The van der Waals surface area contributed by atoms with Crippen LogP contribution in [0.25, 0.3) is 0 Å². The van der Waals surface area contributed by atoms with Crippen molar-refractivity contribution in [1.29, 1.82) is 0 Å². The van der Waals surface area contributed by atoms with Crippen molar-refractivity contribution < 1.29 is 9.53 Å². The van der Waals surface area contributed by atoms with Crippen LogP contribution in [-0.2, 0) is 6.61 Å². The fraction of sp³-hybridized carbons (Fsp3) is 0.0833. The van der Waals surface area contributed by atoms with Gasteiger partial charge in [-0.25, -0.2) is 0 Å². The third-order valence-corrected chi connectivity index (χ3v) is 2.02. The van der Waals surface area contributed by atoms with Crippen molar-refractivity contribution in [3.63, 3.8) is 0 Å². The molecule has 2 aromatic rings. The average molecular weight is 214 g/mol. The van der Waals surface area contributed by atoms with Crippen LogP contribution in [0.4, 0.5) is 0 Å². The third-order valence-electron chi connectivity index (χ3n) is 2.02. The van der Waals surface area contributed by atoms with Gasteiger partial charge in [-0.1, -0.05) is 0 Å². The predicted octanol–water partition coefficient (Wildman–Crippen LogP) is 1.87. The van der Waals surface area contributed by atoms with E-state index in [0.29, 0.717) is 17.9 Å². The second-order valence-electron chi connectivity index (χ2n) is 3.17. The predicted molar refractivity (Wildman–Crippen MR) is 58.2 cm³/mol. The molecule has 0 saturated carbocycles. The highest BCUT2D eigenvalue weighted by Crippen LogP contribution is 2.12. The van der Waals surface area contributed by atoms with Crippen molar-refractivity contribution >= 4 is 6.29 Å². The Labute approximate surface area is 92.9 Å². The molecule has 1 aromatic carbocycles.